The van der Waals surface area contributed by atoms with Crippen LogP contribution in [0.1, 0.15) is 18.4 Å². The van der Waals surface area contributed by atoms with Crippen LogP contribution in [0.25, 0.3) is 0 Å². The molecule has 1 aliphatic heterocycles. The monoisotopic (exact) mass is 488 g/mol. The number of hydrogen-bond acceptors (Lipinski definition) is 7. The number of rotatable bonds is 10. The van der Waals surface area contributed by atoms with E-state index in [1.165, 1.54) is 12.1 Å². The zero-order chi connectivity index (χ0) is 22.9. The summed E-state index contributed by atoms with van der Waals surface area (Å²) < 4.78 is 24.8. The zero-order valence-corrected chi connectivity index (χ0v) is 19.7. The van der Waals surface area contributed by atoms with Crippen molar-refractivity contribution in [3.63, 3.8) is 0 Å². The Kier molecular flexibility index (Phi) is 8.77. The minimum absolute atomic E-state index is 0.236. The van der Waals surface area contributed by atoms with Crippen molar-refractivity contribution >= 4 is 34.9 Å². The van der Waals surface area contributed by atoms with Gasteiger partial charge in [-0.1, -0.05) is 35.5 Å². The molecule has 1 fully saturated rings. The number of nitrogens with one attached hydrogen (secondary N) is 2. The van der Waals surface area contributed by atoms with Gasteiger partial charge < -0.3 is 20.1 Å². The number of aromatic nitrogens is 2. The van der Waals surface area contributed by atoms with E-state index in [-0.39, 0.29) is 12.4 Å². The van der Waals surface area contributed by atoms with Gasteiger partial charge in [-0.2, -0.15) is 0 Å². The first-order valence-electron chi connectivity index (χ1n) is 10.9. The molecule has 0 bridgehead atoms. The normalized spacial score (nSPS) is 15.9. The highest BCUT2D eigenvalue weighted by molar-refractivity contribution is 7.99. The number of nitrogens with zero attached hydrogens (tertiary/aromatic N) is 2. The first-order valence-corrected chi connectivity index (χ1v) is 12.2. The molecular weight excluding hydrogens is 463 g/mol. The summed E-state index contributed by atoms with van der Waals surface area (Å²) in [4.78, 5) is 8.93. The molecule has 0 aliphatic carbocycles. The van der Waals surface area contributed by atoms with Crippen LogP contribution in [0.5, 0.6) is 5.75 Å². The molecule has 1 atom stereocenters. The predicted molar refractivity (Wildman–Crippen MR) is 130 cm³/mol. The molecule has 1 aromatic heterocycles. The second-order valence-corrected chi connectivity index (χ2v) is 9.07. The minimum Gasteiger partial charge on any atom is -0.487 e. The molecule has 0 radical (unpaired) electrons. The molecule has 3 aromatic rings. The van der Waals surface area contributed by atoms with Crippen LogP contribution in [0.4, 0.5) is 15.9 Å². The molecule has 2 N–H and O–H groups in total. The second-order valence-electron chi connectivity index (χ2n) is 7.60. The molecule has 1 unspecified atom stereocenters. The first-order chi connectivity index (χ1) is 16.2. The van der Waals surface area contributed by atoms with Gasteiger partial charge in [-0.3, -0.25) is 0 Å². The lowest BCUT2D eigenvalue weighted by molar-refractivity contribution is 0.0234. The van der Waals surface area contributed by atoms with Gasteiger partial charge in [0.2, 0.25) is 0 Å². The molecule has 174 valence electrons. The van der Waals surface area contributed by atoms with Gasteiger partial charge >= 0.3 is 0 Å². The average molecular weight is 489 g/mol. The van der Waals surface area contributed by atoms with E-state index in [1.54, 1.807) is 42.2 Å². The molecule has 0 amide bonds. The lowest BCUT2D eigenvalue weighted by Crippen LogP contribution is -2.38. The van der Waals surface area contributed by atoms with Gasteiger partial charge in [-0.15, -0.1) is 0 Å². The Labute approximate surface area is 202 Å². The molecule has 4 rings (SSSR count). The number of anilines is 2. The fraction of sp³-hybridized carbons (Fsp3) is 0.333. The van der Waals surface area contributed by atoms with E-state index in [0.717, 1.165) is 54.7 Å². The van der Waals surface area contributed by atoms with E-state index in [1.807, 2.05) is 12.1 Å². The van der Waals surface area contributed by atoms with E-state index >= 15 is 0 Å². The van der Waals surface area contributed by atoms with Gasteiger partial charge in [0, 0.05) is 30.7 Å². The standard InChI is InChI=1S/C24H26ClFN4O2S/c25-21-14-19(6-7-22(21)32-16-17-3-1-4-18(26)13-17)29-23-8-9-28-24(30-23)33-12-2-5-20-15-27-10-11-31-20/h1,3-4,6-9,13-14,20,27H,2,5,10-12,15-16H2,(H,28,29,30). The van der Waals surface area contributed by atoms with Crippen LogP contribution in [-0.4, -0.2) is 41.5 Å². The summed E-state index contributed by atoms with van der Waals surface area (Å²) in [5.74, 6) is 1.87. The van der Waals surface area contributed by atoms with Crippen LogP contribution >= 0.6 is 23.4 Å². The van der Waals surface area contributed by atoms with Crippen molar-refractivity contribution in [1.29, 1.82) is 0 Å². The van der Waals surface area contributed by atoms with E-state index in [4.69, 9.17) is 21.1 Å². The van der Waals surface area contributed by atoms with E-state index in [0.29, 0.717) is 22.7 Å². The third-order valence-corrected chi connectivity index (χ3v) is 6.27. The van der Waals surface area contributed by atoms with E-state index in [9.17, 15) is 4.39 Å². The van der Waals surface area contributed by atoms with Gasteiger partial charge in [0.15, 0.2) is 5.16 Å². The second kappa shape index (κ2) is 12.2. The third kappa shape index (κ3) is 7.57. The Morgan fingerprint density at radius 2 is 2.18 bits per heavy atom. The minimum atomic E-state index is -0.292. The Balaban J connectivity index is 1.27. The van der Waals surface area contributed by atoms with Gasteiger partial charge in [0.25, 0.3) is 0 Å². The van der Waals surface area contributed by atoms with Gasteiger partial charge in [0.1, 0.15) is 24.0 Å². The predicted octanol–water partition coefficient (Wildman–Crippen LogP) is 5.45. The Morgan fingerprint density at radius 1 is 1.24 bits per heavy atom. The van der Waals surface area contributed by atoms with Crippen molar-refractivity contribution in [2.75, 3.05) is 30.8 Å². The Bertz CT molecular complexity index is 1050. The molecular formula is C24H26ClFN4O2S. The van der Waals surface area contributed by atoms with Gasteiger partial charge in [0.05, 0.1) is 17.7 Å². The summed E-state index contributed by atoms with van der Waals surface area (Å²) in [6.45, 7) is 2.89. The summed E-state index contributed by atoms with van der Waals surface area (Å²) in [6, 6.07) is 13.5. The summed E-state index contributed by atoms with van der Waals surface area (Å²) in [5, 5.41) is 7.79. The molecule has 1 saturated heterocycles. The molecule has 1 aliphatic rings. The van der Waals surface area contributed by atoms with Crippen LogP contribution < -0.4 is 15.4 Å². The van der Waals surface area contributed by atoms with Gasteiger partial charge in [-0.25, -0.2) is 14.4 Å². The smallest absolute Gasteiger partial charge is 0.189 e. The quantitative estimate of drug-likeness (QED) is 0.223. The van der Waals surface area contributed by atoms with Crippen molar-refractivity contribution in [3.8, 4) is 5.75 Å². The van der Waals surface area contributed by atoms with Crippen molar-refractivity contribution in [2.45, 2.75) is 30.7 Å². The topological polar surface area (TPSA) is 68.3 Å². The molecule has 0 spiro atoms. The van der Waals surface area contributed by atoms with Crippen LogP contribution in [0.3, 0.4) is 0 Å². The highest BCUT2D eigenvalue weighted by Crippen LogP contribution is 2.30. The molecule has 2 heterocycles. The lowest BCUT2D eigenvalue weighted by atomic mass is 10.2. The van der Waals surface area contributed by atoms with Gasteiger partial charge in [-0.05, 0) is 54.8 Å². The number of thioether (sulfide) groups is 1. The maximum Gasteiger partial charge on any atom is 0.189 e. The van der Waals surface area contributed by atoms with Crippen molar-refractivity contribution in [1.82, 2.24) is 15.3 Å². The highest BCUT2D eigenvalue weighted by Gasteiger charge is 2.13. The van der Waals surface area contributed by atoms with E-state index < -0.39 is 0 Å². The van der Waals surface area contributed by atoms with Crippen LogP contribution in [0, 0.1) is 5.82 Å². The fourth-order valence-corrected chi connectivity index (χ4v) is 4.42. The van der Waals surface area contributed by atoms with Crippen molar-refractivity contribution < 1.29 is 13.9 Å². The summed E-state index contributed by atoms with van der Waals surface area (Å²) in [7, 11) is 0. The summed E-state index contributed by atoms with van der Waals surface area (Å²) >= 11 is 8.02. The van der Waals surface area contributed by atoms with Crippen molar-refractivity contribution in [2.24, 2.45) is 0 Å². The summed E-state index contributed by atoms with van der Waals surface area (Å²) in [5.41, 5.74) is 1.52. The number of benzene rings is 2. The number of halogens is 2. The number of hydrogen-bond donors (Lipinski definition) is 2. The highest BCUT2D eigenvalue weighted by atomic mass is 35.5. The lowest BCUT2D eigenvalue weighted by Gasteiger charge is -2.23. The molecule has 6 nitrogen and oxygen atoms in total. The fourth-order valence-electron chi connectivity index (χ4n) is 3.39. The third-order valence-electron chi connectivity index (χ3n) is 5.03. The Morgan fingerprint density at radius 3 is 3.00 bits per heavy atom. The number of morpholine rings is 1. The van der Waals surface area contributed by atoms with Crippen LogP contribution in [0.2, 0.25) is 5.02 Å². The molecule has 9 heteroatoms. The van der Waals surface area contributed by atoms with Crippen LogP contribution in [0.15, 0.2) is 59.9 Å². The zero-order valence-electron chi connectivity index (χ0n) is 18.1. The van der Waals surface area contributed by atoms with E-state index in [2.05, 4.69) is 20.6 Å². The Hall–Kier alpha value is -2.39. The first kappa shape index (κ1) is 23.8. The largest absolute Gasteiger partial charge is 0.487 e. The molecule has 2 aromatic carbocycles. The summed E-state index contributed by atoms with van der Waals surface area (Å²) in [6.07, 6.45) is 4.12. The SMILES string of the molecule is Fc1cccc(COc2ccc(Nc3ccnc(SCCCC4CNCCO4)n3)cc2Cl)c1. The number of ether oxygens (including phenoxy) is 2. The maximum atomic E-state index is 13.3. The average Bonchev–Trinajstić information content (AvgIpc) is 2.82. The van der Waals surface area contributed by atoms with Crippen molar-refractivity contribution in [3.05, 3.63) is 71.1 Å². The maximum absolute atomic E-state index is 13.3. The molecule has 0 saturated carbocycles. The molecule has 33 heavy (non-hydrogen) atoms. The van der Waals surface area contributed by atoms with Crippen LogP contribution in [-0.2, 0) is 11.3 Å².